The Morgan fingerprint density at radius 1 is 1.10 bits per heavy atom. The van der Waals surface area contributed by atoms with Gasteiger partial charge in [0.25, 0.3) is 0 Å². The molecule has 0 aromatic heterocycles. The number of nitriles is 1. The van der Waals surface area contributed by atoms with Crippen molar-refractivity contribution in [1.82, 2.24) is 0 Å². The molecule has 0 heterocycles. The molecular formula is C27H31NO3. The molecular weight excluding hydrogens is 386 g/mol. The van der Waals surface area contributed by atoms with E-state index in [1.807, 2.05) is 6.08 Å². The van der Waals surface area contributed by atoms with Crippen LogP contribution in [0.1, 0.15) is 81.1 Å². The number of esters is 1. The van der Waals surface area contributed by atoms with Gasteiger partial charge in [-0.3, -0.25) is 4.79 Å². The molecule has 0 bridgehead atoms. The molecule has 0 radical (unpaired) electrons. The third-order valence-electron chi connectivity index (χ3n) is 9.35. The van der Waals surface area contributed by atoms with E-state index in [2.05, 4.69) is 19.9 Å². The summed E-state index contributed by atoms with van der Waals surface area (Å²) in [5, 5.41) is 9.13. The molecule has 4 heteroatoms. The molecule has 5 rings (SSSR count). The van der Waals surface area contributed by atoms with Gasteiger partial charge in [0, 0.05) is 11.8 Å². The second-order valence-electron chi connectivity index (χ2n) is 10.7. The lowest BCUT2D eigenvalue weighted by molar-refractivity contribution is -0.118. The summed E-state index contributed by atoms with van der Waals surface area (Å²) in [6.45, 7) is 4.74. The highest BCUT2D eigenvalue weighted by Gasteiger charge is 2.60. The van der Waals surface area contributed by atoms with Crippen LogP contribution in [0, 0.1) is 39.9 Å². The minimum Gasteiger partial charge on any atom is -0.458 e. The first kappa shape index (κ1) is 20.5. The van der Waals surface area contributed by atoms with Crippen LogP contribution in [-0.2, 0) is 9.53 Å². The Bertz CT molecular complexity index is 1000. The third-order valence-corrected chi connectivity index (χ3v) is 9.35. The summed E-state index contributed by atoms with van der Waals surface area (Å²) in [5.41, 5.74) is 2.53. The van der Waals surface area contributed by atoms with Crippen molar-refractivity contribution >= 4 is 11.8 Å². The number of hydrogen-bond donors (Lipinski definition) is 0. The lowest BCUT2D eigenvalue weighted by Gasteiger charge is -2.57. The van der Waals surface area contributed by atoms with Crippen molar-refractivity contribution in [2.45, 2.75) is 71.3 Å². The summed E-state index contributed by atoms with van der Waals surface area (Å²) < 4.78 is 6.09. The minimum atomic E-state index is -0.308. The van der Waals surface area contributed by atoms with E-state index in [9.17, 15) is 9.59 Å². The SMILES string of the molecule is C[C@]12CCC(=O)C=C1CC[C@@H]1[C@H]2CC[C@]2(C)C(OC(=O)c3cccc(C#N)c3)CC[C@@H]12. The molecule has 0 spiro atoms. The zero-order chi connectivity index (χ0) is 21.8. The number of ether oxygens (including phenoxy) is 1. The van der Waals surface area contributed by atoms with Crippen molar-refractivity contribution in [2.24, 2.45) is 28.6 Å². The molecule has 0 aliphatic heterocycles. The molecule has 3 fully saturated rings. The molecule has 3 saturated carbocycles. The van der Waals surface area contributed by atoms with Crippen molar-refractivity contribution in [3.8, 4) is 6.07 Å². The Hall–Kier alpha value is -2.41. The van der Waals surface area contributed by atoms with Crippen LogP contribution in [-0.4, -0.2) is 17.9 Å². The van der Waals surface area contributed by atoms with Crippen molar-refractivity contribution in [2.75, 3.05) is 0 Å². The Labute approximate surface area is 184 Å². The van der Waals surface area contributed by atoms with Crippen LogP contribution in [0.3, 0.4) is 0 Å². The fourth-order valence-corrected chi connectivity index (χ4v) is 7.62. The number of nitrogens with zero attached hydrogens (tertiary/aromatic N) is 1. The Morgan fingerprint density at radius 3 is 2.74 bits per heavy atom. The molecule has 31 heavy (non-hydrogen) atoms. The third kappa shape index (κ3) is 3.16. The molecule has 0 saturated heterocycles. The molecule has 1 aromatic carbocycles. The van der Waals surface area contributed by atoms with E-state index < -0.39 is 0 Å². The van der Waals surface area contributed by atoms with Crippen LogP contribution in [0.15, 0.2) is 35.9 Å². The molecule has 162 valence electrons. The molecule has 4 nitrogen and oxygen atoms in total. The Morgan fingerprint density at radius 2 is 1.94 bits per heavy atom. The number of allylic oxidation sites excluding steroid dienone is 1. The highest BCUT2D eigenvalue weighted by atomic mass is 16.5. The first-order valence-corrected chi connectivity index (χ1v) is 11.8. The number of hydrogen-bond acceptors (Lipinski definition) is 4. The van der Waals surface area contributed by atoms with E-state index in [4.69, 9.17) is 10.00 Å². The molecule has 1 unspecified atom stereocenters. The van der Waals surface area contributed by atoms with E-state index in [0.717, 1.165) is 44.9 Å². The molecule has 4 aliphatic carbocycles. The summed E-state index contributed by atoms with van der Waals surface area (Å²) in [6, 6.07) is 8.89. The highest BCUT2D eigenvalue weighted by Crippen LogP contribution is 2.65. The molecule has 6 atom stereocenters. The monoisotopic (exact) mass is 417 g/mol. The summed E-state index contributed by atoms with van der Waals surface area (Å²) in [4.78, 5) is 24.9. The van der Waals surface area contributed by atoms with Crippen molar-refractivity contribution < 1.29 is 14.3 Å². The van der Waals surface area contributed by atoms with Gasteiger partial charge in [-0.05, 0) is 92.4 Å². The van der Waals surface area contributed by atoms with Crippen LogP contribution >= 0.6 is 0 Å². The van der Waals surface area contributed by atoms with E-state index in [0.29, 0.717) is 41.1 Å². The predicted octanol–water partition coefficient (Wildman–Crippen LogP) is 5.62. The van der Waals surface area contributed by atoms with E-state index in [1.54, 1.807) is 24.3 Å². The van der Waals surface area contributed by atoms with Crippen LogP contribution in [0.5, 0.6) is 0 Å². The van der Waals surface area contributed by atoms with Gasteiger partial charge in [0.2, 0.25) is 0 Å². The quantitative estimate of drug-likeness (QED) is 0.586. The largest absolute Gasteiger partial charge is 0.458 e. The van der Waals surface area contributed by atoms with Gasteiger partial charge in [-0.15, -0.1) is 0 Å². The summed E-state index contributed by atoms with van der Waals surface area (Å²) in [5.74, 6) is 1.86. The van der Waals surface area contributed by atoms with Crippen molar-refractivity contribution in [3.63, 3.8) is 0 Å². The summed E-state index contributed by atoms with van der Waals surface area (Å²) in [7, 11) is 0. The first-order chi connectivity index (χ1) is 14.8. The zero-order valence-electron chi connectivity index (χ0n) is 18.5. The standard InChI is InChI=1S/C27H31NO3/c1-26-12-10-20(29)15-19(26)6-7-21-22-8-9-24(27(22,2)13-11-23(21)26)31-25(30)18-5-3-4-17(14-18)16-28/h3-5,14-15,21-24H,6-13H2,1-2H3/t21-,22-,23+,24?,26-,27-/m0/s1. The Balaban J connectivity index is 1.36. The van der Waals surface area contributed by atoms with Gasteiger partial charge in [-0.1, -0.05) is 25.5 Å². The maximum absolute atomic E-state index is 12.9. The van der Waals surface area contributed by atoms with Gasteiger partial charge in [-0.2, -0.15) is 5.26 Å². The summed E-state index contributed by atoms with van der Waals surface area (Å²) >= 11 is 0. The molecule has 4 aliphatic rings. The predicted molar refractivity (Wildman–Crippen MR) is 117 cm³/mol. The molecule has 1 aromatic rings. The average Bonchev–Trinajstić information content (AvgIpc) is 3.10. The van der Waals surface area contributed by atoms with Crippen LogP contribution < -0.4 is 0 Å². The number of ketones is 1. The minimum absolute atomic E-state index is 0.0196. The van der Waals surface area contributed by atoms with Crippen LogP contribution in [0.2, 0.25) is 0 Å². The van der Waals surface area contributed by atoms with Gasteiger partial charge in [0.15, 0.2) is 5.78 Å². The summed E-state index contributed by atoms with van der Waals surface area (Å²) in [6.07, 6.45) is 10.0. The lowest BCUT2D eigenvalue weighted by Crippen LogP contribution is -2.51. The molecule has 0 N–H and O–H groups in total. The first-order valence-electron chi connectivity index (χ1n) is 11.8. The fourth-order valence-electron chi connectivity index (χ4n) is 7.62. The van der Waals surface area contributed by atoms with E-state index in [1.165, 1.54) is 5.57 Å². The number of carbonyl (C=O) groups excluding carboxylic acids is 2. The maximum Gasteiger partial charge on any atom is 0.338 e. The van der Waals surface area contributed by atoms with Crippen molar-refractivity contribution in [3.05, 3.63) is 47.0 Å². The zero-order valence-corrected chi connectivity index (χ0v) is 18.5. The normalized spacial score (nSPS) is 38.9. The van der Waals surface area contributed by atoms with Gasteiger partial charge < -0.3 is 4.74 Å². The Kier molecular flexibility index (Phi) is 4.84. The average molecular weight is 418 g/mol. The van der Waals surface area contributed by atoms with Gasteiger partial charge >= 0.3 is 5.97 Å². The van der Waals surface area contributed by atoms with Gasteiger partial charge in [0.1, 0.15) is 6.10 Å². The number of fused-ring (bicyclic) bond motifs is 5. The topological polar surface area (TPSA) is 67.2 Å². The van der Waals surface area contributed by atoms with Gasteiger partial charge in [0.05, 0.1) is 17.2 Å². The van der Waals surface area contributed by atoms with Crippen molar-refractivity contribution in [1.29, 1.82) is 5.26 Å². The van der Waals surface area contributed by atoms with E-state index in [-0.39, 0.29) is 22.9 Å². The van der Waals surface area contributed by atoms with Crippen LogP contribution in [0.25, 0.3) is 0 Å². The fraction of sp³-hybridized carbons (Fsp3) is 0.593. The van der Waals surface area contributed by atoms with Crippen LogP contribution in [0.4, 0.5) is 0 Å². The molecule has 0 amide bonds. The highest BCUT2D eigenvalue weighted by molar-refractivity contribution is 5.91. The number of rotatable bonds is 2. The number of carbonyl (C=O) groups is 2. The van der Waals surface area contributed by atoms with Gasteiger partial charge in [-0.25, -0.2) is 4.79 Å². The second kappa shape index (κ2) is 7.33. The lowest BCUT2D eigenvalue weighted by atomic mass is 9.47. The maximum atomic E-state index is 12.9. The van der Waals surface area contributed by atoms with E-state index >= 15 is 0 Å². The smallest absolute Gasteiger partial charge is 0.338 e. The number of benzene rings is 1. The second-order valence-corrected chi connectivity index (χ2v) is 10.7.